The predicted molar refractivity (Wildman–Crippen MR) is 99.0 cm³/mol. The van der Waals surface area contributed by atoms with Gasteiger partial charge in [-0.05, 0) is 36.4 Å². The van der Waals surface area contributed by atoms with Gasteiger partial charge in [0, 0.05) is 17.5 Å². The Bertz CT molecular complexity index is 802. The minimum atomic E-state index is -3.61. The molecule has 0 unspecified atom stereocenters. The zero-order chi connectivity index (χ0) is 17.9. The van der Waals surface area contributed by atoms with E-state index in [1.165, 1.54) is 14.2 Å². The van der Waals surface area contributed by atoms with Gasteiger partial charge in [0.15, 0.2) is 11.5 Å². The summed E-state index contributed by atoms with van der Waals surface area (Å²) in [6.07, 6.45) is 3.84. The first kappa shape index (κ1) is 18.2. The molecule has 3 rings (SSSR count). The molecule has 0 bridgehead atoms. The fourth-order valence-corrected chi connectivity index (χ4v) is 5.88. The van der Waals surface area contributed by atoms with Gasteiger partial charge in [0.1, 0.15) is 0 Å². The van der Waals surface area contributed by atoms with Crippen LogP contribution in [0.2, 0.25) is 0 Å². The van der Waals surface area contributed by atoms with Crippen LogP contribution in [0.4, 0.5) is 0 Å². The number of sulfonamides is 1. The van der Waals surface area contributed by atoms with Crippen molar-refractivity contribution < 1.29 is 17.9 Å². The van der Waals surface area contributed by atoms with E-state index in [2.05, 4.69) is 0 Å². The number of nitrogens with zero attached hydrogens (tertiary/aromatic N) is 1. The molecule has 0 radical (unpaired) electrons. The van der Waals surface area contributed by atoms with Crippen LogP contribution in [0.15, 0.2) is 40.6 Å². The van der Waals surface area contributed by atoms with Gasteiger partial charge in [-0.2, -0.15) is 4.31 Å². The molecule has 1 aliphatic rings. The van der Waals surface area contributed by atoms with Crippen LogP contribution < -0.4 is 9.47 Å². The molecule has 0 spiro atoms. The van der Waals surface area contributed by atoms with Crippen molar-refractivity contribution in [1.29, 1.82) is 0 Å². The first-order chi connectivity index (χ1) is 12.1. The molecule has 2 aromatic rings. The van der Waals surface area contributed by atoms with Gasteiger partial charge in [-0.25, -0.2) is 8.42 Å². The van der Waals surface area contributed by atoms with Crippen molar-refractivity contribution in [3.63, 3.8) is 0 Å². The summed E-state index contributed by atoms with van der Waals surface area (Å²) in [5.74, 6) is 0.943. The van der Waals surface area contributed by atoms with Gasteiger partial charge in [-0.15, -0.1) is 11.3 Å². The topological polar surface area (TPSA) is 55.8 Å². The quantitative estimate of drug-likeness (QED) is 0.783. The van der Waals surface area contributed by atoms with Gasteiger partial charge in [-0.3, -0.25) is 0 Å². The Hall–Kier alpha value is -1.57. The first-order valence-electron chi connectivity index (χ1n) is 8.35. The number of hydrogen-bond donors (Lipinski definition) is 0. The fourth-order valence-electron chi connectivity index (χ4n) is 3.25. The summed E-state index contributed by atoms with van der Waals surface area (Å²) >= 11 is 1.62. The van der Waals surface area contributed by atoms with Crippen molar-refractivity contribution in [2.75, 3.05) is 20.8 Å². The summed E-state index contributed by atoms with van der Waals surface area (Å²) in [4.78, 5) is 1.35. The Morgan fingerprint density at radius 1 is 1.08 bits per heavy atom. The average molecular weight is 382 g/mol. The molecular formula is C18H23NO4S2. The Balaban J connectivity index is 2.01. The lowest BCUT2D eigenvalue weighted by Gasteiger charge is -2.28. The van der Waals surface area contributed by atoms with E-state index in [1.807, 2.05) is 17.5 Å². The van der Waals surface area contributed by atoms with Crippen LogP contribution >= 0.6 is 11.3 Å². The van der Waals surface area contributed by atoms with Crippen molar-refractivity contribution in [3.8, 4) is 11.5 Å². The summed E-state index contributed by atoms with van der Waals surface area (Å²) in [6, 6.07) is 8.69. The van der Waals surface area contributed by atoms with Crippen LogP contribution in [0.1, 0.15) is 36.6 Å². The van der Waals surface area contributed by atoms with E-state index in [0.29, 0.717) is 18.0 Å². The lowest BCUT2D eigenvalue weighted by molar-refractivity contribution is 0.331. The van der Waals surface area contributed by atoms with Gasteiger partial charge in [0.05, 0.1) is 25.2 Å². The van der Waals surface area contributed by atoms with E-state index in [-0.39, 0.29) is 10.9 Å². The molecule has 1 aromatic heterocycles. The third kappa shape index (κ3) is 3.68. The molecule has 136 valence electrons. The molecule has 0 N–H and O–H groups in total. The summed E-state index contributed by atoms with van der Waals surface area (Å²) in [5.41, 5.74) is 0. The van der Waals surface area contributed by atoms with Crippen LogP contribution in [0.5, 0.6) is 11.5 Å². The highest BCUT2D eigenvalue weighted by atomic mass is 32.2. The van der Waals surface area contributed by atoms with Crippen LogP contribution in [0.25, 0.3) is 0 Å². The molecule has 5 nitrogen and oxygen atoms in total. The molecule has 2 heterocycles. The fraction of sp³-hybridized carbons (Fsp3) is 0.444. The summed E-state index contributed by atoms with van der Waals surface area (Å²) in [7, 11) is -0.570. The summed E-state index contributed by atoms with van der Waals surface area (Å²) < 4.78 is 38.8. The van der Waals surface area contributed by atoms with Crippen LogP contribution in [0.3, 0.4) is 0 Å². The normalized spacial score (nSPS) is 19.4. The van der Waals surface area contributed by atoms with E-state index in [1.54, 1.807) is 33.8 Å². The Morgan fingerprint density at radius 2 is 1.88 bits per heavy atom. The highest BCUT2D eigenvalue weighted by molar-refractivity contribution is 7.89. The third-order valence-corrected chi connectivity index (χ3v) is 7.41. The largest absolute Gasteiger partial charge is 0.493 e. The van der Waals surface area contributed by atoms with Crippen LogP contribution in [-0.4, -0.2) is 33.5 Å². The maximum Gasteiger partial charge on any atom is 0.243 e. The smallest absolute Gasteiger partial charge is 0.243 e. The van der Waals surface area contributed by atoms with E-state index >= 15 is 0 Å². The molecule has 7 heteroatoms. The van der Waals surface area contributed by atoms with Crippen LogP contribution in [-0.2, 0) is 10.0 Å². The molecule has 1 atom stereocenters. The van der Waals surface area contributed by atoms with Crippen molar-refractivity contribution in [3.05, 3.63) is 40.6 Å². The number of thiophene rings is 1. The molecule has 0 saturated carbocycles. The first-order valence-corrected chi connectivity index (χ1v) is 10.7. The number of methoxy groups -OCH3 is 2. The van der Waals surface area contributed by atoms with Crippen LogP contribution in [0, 0.1) is 0 Å². The Morgan fingerprint density at radius 3 is 2.56 bits per heavy atom. The zero-order valence-electron chi connectivity index (χ0n) is 14.5. The molecule has 0 aliphatic carbocycles. The number of benzene rings is 1. The van der Waals surface area contributed by atoms with Gasteiger partial charge in [0.25, 0.3) is 0 Å². The van der Waals surface area contributed by atoms with E-state index in [4.69, 9.17) is 9.47 Å². The summed E-state index contributed by atoms with van der Waals surface area (Å²) in [5, 5.41) is 2.00. The van der Waals surface area contributed by atoms with E-state index < -0.39 is 10.0 Å². The predicted octanol–water partition coefficient (Wildman–Crippen LogP) is 4.07. The van der Waals surface area contributed by atoms with Gasteiger partial charge in [0.2, 0.25) is 10.0 Å². The molecular weight excluding hydrogens is 358 g/mol. The zero-order valence-corrected chi connectivity index (χ0v) is 16.1. The Labute approximate surface area is 153 Å². The van der Waals surface area contributed by atoms with Crippen molar-refractivity contribution in [1.82, 2.24) is 4.31 Å². The monoisotopic (exact) mass is 381 g/mol. The standard InChI is InChI=1S/C18H23NO4S2/c1-22-16-10-9-14(13-17(16)23-2)25(20,21)19-11-5-3-4-7-15(19)18-8-6-12-24-18/h6,8-10,12-13,15H,3-5,7,11H2,1-2H3/t15-/m1/s1. The molecule has 1 fully saturated rings. The maximum absolute atomic E-state index is 13.3. The number of rotatable bonds is 5. The highest BCUT2D eigenvalue weighted by Gasteiger charge is 2.34. The summed E-state index contributed by atoms with van der Waals surface area (Å²) in [6.45, 7) is 0.541. The molecule has 1 aromatic carbocycles. The number of hydrogen-bond acceptors (Lipinski definition) is 5. The molecule has 1 aliphatic heterocycles. The molecule has 25 heavy (non-hydrogen) atoms. The van der Waals surface area contributed by atoms with Gasteiger partial charge < -0.3 is 9.47 Å². The number of ether oxygens (including phenoxy) is 2. The molecule has 1 saturated heterocycles. The Kier molecular flexibility index (Phi) is 5.66. The minimum Gasteiger partial charge on any atom is -0.493 e. The highest BCUT2D eigenvalue weighted by Crippen LogP contribution is 2.38. The van der Waals surface area contributed by atoms with Crippen molar-refractivity contribution in [2.45, 2.75) is 36.6 Å². The second-order valence-corrected chi connectivity index (χ2v) is 8.88. The average Bonchev–Trinajstić information content (AvgIpc) is 3.04. The second kappa shape index (κ2) is 7.76. The third-order valence-electron chi connectivity index (χ3n) is 4.54. The van der Waals surface area contributed by atoms with E-state index in [9.17, 15) is 8.42 Å². The second-order valence-electron chi connectivity index (χ2n) is 6.01. The van der Waals surface area contributed by atoms with Gasteiger partial charge in [-0.1, -0.05) is 18.9 Å². The lowest BCUT2D eigenvalue weighted by atomic mass is 10.1. The lowest BCUT2D eigenvalue weighted by Crippen LogP contribution is -2.34. The maximum atomic E-state index is 13.3. The SMILES string of the molecule is COc1ccc(S(=O)(=O)N2CCCCC[C@@H]2c2cccs2)cc1OC. The molecule has 0 amide bonds. The van der Waals surface area contributed by atoms with E-state index in [0.717, 1.165) is 30.6 Å². The minimum absolute atomic E-state index is 0.0967. The van der Waals surface area contributed by atoms with Crippen molar-refractivity contribution in [2.24, 2.45) is 0 Å². The van der Waals surface area contributed by atoms with Crippen molar-refractivity contribution >= 4 is 21.4 Å². The van der Waals surface area contributed by atoms with Gasteiger partial charge >= 0.3 is 0 Å².